The normalized spacial score (nSPS) is 11.3. The number of halogens is 5. The number of hydrogen-bond donors (Lipinski definition) is 0. The van der Waals surface area contributed by atoms with Crippen LogP contribution >= 0.6 is 0 Å². The van der Waals surface area contributed by atoms with E-state index in [1.54, 1.807) is 0 Å². The van der Waals surface area contributed by atoms with Gasteiger partial charge < -0.3 is 9.47 Å². The molecule has 1 aromatic rings. The van der Waals surface area contributed by atoms with Crippen LogP contribution in [0.4, 0.5) is 22.0 Å². The molecule has 0 saturated heterocycles. The van der Waals surface area contributed by atoms with Crippen molar-refractivity contribution in [2.75, 3.05) is 6.61 Å². The molecule has 0 aromatic carbocycles. The maximum atomic E-state index is 13.5. The molecule has 0 atom stereocenters. The Labute approximate surface area is 110 Å². The molecule has 0 radical (unpaired) electrons. The van der Waals surface area contributed by atoms with Crippen molar-refractivity contribution < 1.29 is 36.2 Å². The van der Waals surface area contributed by atoms with Gasteiger partial charge in [-0.05, 0) is 6.92 Å². The molecular weight excluding hydrogens is 289 g/mol. The van der Waals surface area contributed by atoms with Crippen LogP contribution in [0.25, 0.3) is 0 Å². The maximum absolute atomic E-state index is 13.5. The number of aromatic nitrogens is 1. The fourth-order valence-corrected chi connectivity index (χ4v) is 1.41. The molecule has 0 bridgehead atoms. The van der Waals surface area contributed by atoms with Crippen molar-refractivity contribution in [1.82, 2.24) is 4.98 Å². The van der Waals surface area contributed by atoms with Gasteiger partial charge in [0.2, 0.25) is 5.95 Å². The summed E-state index contributed by atoms with van der Waals surface area (Å²) in [5, 5.41) is 0. The highest BCUT2D eigenvalue weighted by atomic mass is 19.4. The van der Waals surface area contributed by atoms with Crippen LogP contribution in [0.2, 0.25) is 0 Å². The Bertz CT molecular complexity index is 490. The summed E-state index contributed by atoms with van der Waals surface area (Å²) in [7, 11) is 0. The van der Waals surface area contributed by atoms with Gasteiger partial charge >= 0.3 is 12.3 Å². The van der Waals surface area contributed by atoms with Crippen molar-refractivity contribution in [3.05, 3.63) is 23.3 Å². The van der Waals surface area contributed by atoms with E-state index in [0.29, 0.717) is 6.20 Å². The van der Waals surface area contributed by atoms with E-state index in [0.717, 1.165) is 0 Å². The van der Waals surface area contributed by atoms with Gasteiger partial charge in [-0.1, -0.05) is 0 Å². The van der Waals surface area contributed by atoms with Gasteiger partial charge in [0.25, 0.3) is 0 Å². The number of hydrogen-bond acceptors (Lipinski definition) is 4. The topological polar surface area (TPSA) is 48.4 Å². The summed E-state index contributed by atoms with van der Waals surface area (Å²) in [6.07, 6.45) is -5.42. The monoisotopic (exact) mass is 299 g/mol. The largest absolute Gasteiger partial charge is 0.573 e. The Balaban J connectivity index is 3.21. The SMILES string of the molecule is CCOC(=O)Cc1c(F)ncc(CF)c1OC(F)(F)F. The van der Waals surface area contributed by atoms with Crippen LogP contribution in [-0.4, -0.2) is 23.9 Å². The highest BCUT2D eigenvalue weighted by Gasteiger charge is 2.34. The molecule has 0 fully saturated rings. The van der Waals surface area contributed by atoms with Crippen molar-refractivity contribution in [3.63, 3.8) is 0 Å². The van der Waals surface area contributed by atoms with Gasteiger partial charge in [-0.2, -0.15) is 4.39 Å². The smallest absolute Gasteiger partial charge is 0.466 e. The minimum atomic E-state index is -5.15. The van der Waals surface area contributed by atoms with Crippen molar-refractivity contribution in [3.8, 4) is 5.75 Å². The molecule has 1 heterocycles. The molecule has 0 spiro atoms. The number of carbonyl (C=O) groups excluding carboxylic acids is 1. The molecule has 0 aliphatic rings. The first kappa shape index (κ1) is 16.1. The quantitative estimate of drug-likeness (QED) is 0.476. The standard InChI is InChI=1S/C11H10F5NO3/c1-2-19-8(18)3-7-9(20-11(14,15)16)6(4-12)5-17-10(7)13/h5H,2-4H2,1H3. The van der Waals surface area contributed by atoms with Crippen molar-refractivity contribution in [1.29, 1.82) is 0 Å². The molecule has 20 heavy (non-hydrogen) atoms. The number of esters is 1. The van der Waals surface area contributed by atoms with Gasteiger partial charge in [0.05, 0.1) is 18.6 Å². The van der Waals surface area contributed by atoms with Crippen LogP contribution in [0.3, 0.4) is 0 Å². The van der Waals surface area contributed by atoms with Crippen LogP contribution in [0.15, 0.2) is 6.20 Å². The zero-order valence-electron chi connectivity index (χ0n) is 10.3. The average Bonchev–Trinajstić information content (AvgIpc) is 2.32. The van der Waals surface area contributed by atoms with E-state index >= 15 is 0 Å². The minimum absolute atomic E-state index is 0.0356. The lowest BCUT2D eigenvalue weighted by Crippen LogP contribution is -2.21. The first-order valence-corrected chi connectivity index (χ1v) is 5.42. The Kier molecular flexibility index (Phi) is 5.23. The van der Waals surface area contributed by atoms with Crippen LogP contribution in [0, 0.1) is 5.95 Å². The number of carbonyl (C=O) groups is 1. The summed E-state index contributed by atoms with van der Waals surface area (Å²) < 4.78 is 70.9. The van der Waals surface area contributed by atoms with Gasteiger partial charge in [0.15, 0.2) is 0 Å². The second kappa shape index (κ2) is 6.49. The first-order chi connectivity index (χ1) is 9.28. The van der Waals surface area contributed by atoms with Crippen molar-refractivity contribution in [2.45, 2.75) is 26.4 Å². The molecule has 1 rings (SSSR count). The summed E-state index contributed by atoms with van der Waals surface area (Å²) in [5.41, 5.74) is -1.40. The van der Waals surface area contributed by atoms with Gasteiger partial charge in [-0.15, -0.1) is 13.2 Å². The Morgan fingerprint density at radius 2 is 2.05 bits per heavy atom. The highest BCUT2D eigenvalue weighted by Crippen LogP contribution is 2.32. The predicted molar refractivity (Wildman–Crippen MR) is 56.0 cm³/mol. The molecule has 9 heteroatoms. The molecule has 0 unspecified atom stereocenters. The zero-order valence-corrected chi connectivity index (χ0v) is 10.3. The second-order valence-corrected chi connectivity index (χ2v) is 3.55. The van der Waals surface area contributed by atoms with E-state index in [4.69, 9.17) is 0 Å². The molecule has 112 valence electrons. The van der Waals surface area contributed by atoms with E-state index in [2.05, 4.69) is 14.5 Å². The fourth-order valence-electron chi connectivity index (χ4n) is 1.41. The summed E-state index contributed by atoms with van der Waals surface area (Å²) in [6.45, 7) is 0.0816. The number of alkyl halides is 4. The van der Waals surface area contributed by atoms with Crippen molar-refractivity contribution >= 4 is 5.97 Å². The Morgan fingerprint density at radius 3 is 2.55 bits per heavy atom. The number of rotatable bonds is 5. The van der Waals surface area contributed by atoms with E-state index in [1.165, 1.54) is 6.92 Å². The Hall–Kier alpha value is -1.93. The molecule has 0 saturated carbocycles. The van der Waals surface area contributed by atoms with E-state index < -0.39 is 48.3 Å². The summed E-state index contributed by atoms with van der Waals surface area (Å²) in [5.74, 6) is -3.42. The third kappa shape index (κ3) is 4.32. The van der Waals surface area contributed by atoms with Crippen LogP contribution < -0.4 is 4.74 Å². The van der Waals surface area contributed by atoms with E-state index in [9.17, 15) is 26.7 Å². The molecule has 0 amide bonds. The molecular formula is C11H10F5NO3. The lowest BCUT2D eigenvalue weighted by molar-refractivity contribution is -0.275. The second-order valence-electron chi connectivity index (χ2n) is 3.55. The van der Waals surface area contributed by atoms with Gasteiger partial charge in [0, 0.05) is 11.8 Å². The first-order valence-electron chi connectivity index (χ1n) is 5.42. The zero-order chi connectivity index (χ0) is 15.3. The summed E-state index contributed by atoms with van der Waals surface area (Å²) >= 11 is 0. The lowest BCUT2D eigenvalue weighted by atomic mass is 10.1. The van der Waals surface area contributed by atoms with Crippen LogP contribution in [0.5, 0.6) is 5.75 Å². The Morgan fingerprint density at radius 1 is 1.40 bits per heavy atom. The molecule has 0 aliphatic heterocycles. The number of nitrogens with zero attached hydrogens (tertiary/aromatic N) is 1. The minimum Gasteiger partial charge on any atom is -0.466 e. The average molecular weight is 299 g/mol. The lowest BCUT2D eigenvalue weighted by Gasteiger charge is -2.15. The maximum Gasteiger partial charge on any atom is 0.573 e. The van der Waals surface area contributed by atoms with Gasteiger partial charge in [-0.25, -0.2) is 9.37 Å². The molecule has 0 N–H and O–H groups in total. The van der Waals surface area contributed by atoms with Crippen LogP contribution in [0.1, 0.15) is 18.1 Å². The highest BCUT2D eigenvalue weighted by molar-refractivity contribution is 5.73. The van der Waals surface area contributed by atoms with Crippen LogP contribution in [-0.2, 0) is 22.6 Å². The predicted octanol–water partition coefficient (Wildman–Crippen LogP) is 2.69. The number of pyridine rings is 1. The fraction of sp³-hybridized carbons (Fsp3) is 0.455. The molecule has 1 aromatic heterocycles. The third-order valence-corrected chi connectivity index (χ3v) is 2.14. The van der Waals surface area contributed by atoms with E-state index in [-0.39, 0.29) is 6.61 Å². The van der Waals surface area contributed by atoms with Gasteiger partial charge in [-0.3, -0.25) is 4.79 Å². The summed E-state index contributed by atoms with van der Waals surface area (Å²) in [6, 6.07) is 0. The van der Waals surface area contributed by atoms with Crippen molar-refractivity contribution in [2.24, 2.45) is 0 Å². The molecule has 0 aliphatic carbocycles. The third-order valence-electron chi connectivity index (χ3n) is 2.14. The van der Waals surface area contributed by atoms with E-state index in [1.807, 2.05) is 0 Å². The van der Waals surface area contributed by atoms with Gasteiger partial charge in [0.1, 0.15) is 12.4 Å². The molecule has 4 nitrogen and oxygen atoms in total. The summed E-state index contributed by atoms with van der Waals surface area (Å²) in [4.78, 5) is 14.3. The number of ether oxygens (including phenoxy) is 2.